The molecule has 0 fully saturated rings. The van der Waals surface area contributed by atoms with Gasteiger partial charge in [-0.3, -0.25) is 0 Å². The minimum Gasteiger partial charge on any atom is -0.310 e. The third kappa shape index (κ3) is 4.06. The number of hydrogen-bond acceptors (Lipinski definition) is 1. The van der Waals surface area contributed by atoms with Gasteiger partial charge >= 0.3 is 0 Å². The Morgan fingerprint density at radius 3 is 1.71 bits per heavy atom. The lowest BCUT2D eigenvalue weighted by molar-refractivity contribution is 1.18. The second-order valence-corrected chi connectivity index (χ2v) is 13.4. The van der Waals surface area contributed by atoms with Crippen LogP contribution in [0, 0.1) is 0 Å². The van der Waals surface area contributed by atoms with E-state index < -0.39 is 0 Å². The second kappa shape index (κ2) is 10.8. The van der Waals surface area contributed by atoms with Crippen LogP contribution in [0.5, 0.6) is 0 Å². The SMILES string of the molecule is c1ccc(-c2ccc(N(c3ccc4c5cccc6c7ccccc7n(c4c3)c65)c3cccc4c3c3ccccc3n4-c3ccccc3)cc2)cc1. The van der Waals surface area contributed by atoms with E-state index in [0.717, 1.165) is 22.7 Å². The van der Waals surface area contributed by atoms with E-state index in [1.165, 1.54) is 71.0 Å². The molecule has 8 aromatic carbocycles. The molecule has 0 aliphatic rings. The summed E-state index contributed by atoms with van der Waals surface area (Å²) in [4.78, 5) is 2.45. The van der Waals surface area contributed by atoms with E-state index in [1.807, 2.05) is 0 Å². The van der Waals surface area contributed by atoms with Crippen molar-refractivity contribution in [1.82, 2.24) is 8.97 Å². The smallest absolute Gasteiger partial charge is 0.0620 e. The molecule has 0 atom stereocenters. The first-order valence-electron chi connectivity index (χ1n) is 17.5. The summed E-state index contributed by atoms with van der Waals surface area (Å²) in [6.45, 7) is 0. The van der Waals surface area contributed by atoms with Gasteiger partial charge in [-0.05, 0) is 71.8 Å². The van der Waals surface area contributed by atoms with Gasteiger partial charge < -0.3 is 13.9 Å². The molecular weight excluding hydrogens is 619 g/mol. The summed E-state index contributed by atoms with van der Waals surface area (Å²) in [5.41, 5.74) is 13.0. The molecule has 51 heavy (non-hydrogen) atoms. The van der Waals surface area contributed by atoms with Gasteiger partial charge in [0.2, 0.25) is 0 Å². The summed E-state index contributed by atoms with van der Waals surface area (Å²) in [6, 6.07) is 68.4. The molecular formula is C48H31N3. The topological polar surface area (TPSA) is 12.6 Å². The van der Waals surface area contributed by atoms with Crippen molar-refractivity contribution in [2.24, 2.45) is 0 Å². The molecule has 11 rings (SSSR count). The second-order valence-electron chi connectivity index (χ2n) is 13.4. The fourth-order valence-corrected chi connectivity index (χ4v) is 8.46. The first-order valence-corrected chi connectivity index (χ1v) is 17.5. The summed E-state index contributed by atoms with van der Waals surface area (Å²) in [6.07, 6.45) is 0. The Morgan fingerprint density at radius 1 is 0.353 bits per heavy atom. The van der Waals surface area contributed by atoms with Gasteiger partial charge in [0.1, 0.15) is 0 Å². The number of anilines is 3. The Hall–Kier alpha value is -6.84. The number of aromatic nitrogens is 2. The molecule has 0 aliphatic carbocycles. The standard InChI is InChI=1S/C48H31N3/c1-3-13-32(14-4-1)33-25-27-35(28-26-33)49(44-23-12-24-45-47(44)41-18-8-10-22-43(41)50(45)34-15-5-2-6-16-34)36-29-30-38-40-20-11-19-39-37-17-7-9-21-42(37)51(48(39)40)46(38)31-36/h1-31H. The van der Waals surface area contributed by atoms with Gasteiger partial charge in [-0.25, -0.2) is 0 Å². The Labute approximate surface area is 294 Å². The van der Waals surface area contributed by atoms with Crippen LogP contribution in [0.25, 0.3) is 76.7 Å². The van der Waals surface area contributed by atoms with Crippen molar-refractivity contribution >= 4 is 77.0 Å². The van der Waals surface area contributed by atoms with E-state index >= 15 is 0 Å². The fraction of sp³-hybridized carbons (Fsp3) is 0. The number of benzene rings is 8. The summed E-state index contributed by atoms with van der Waals surface area (Å²) in [5, 5.41) is 7.59. The van der Waals surface area contributed by atoms with E-state index in [-0.39, 0.29) is 0 Å². The zero-order valence-corrected chi connectivity index (χ0v) is 27.7. The highest BCUT2D eigenvalue weighted by Gasteiger charge is 2.23. The molecule has 0 spiro atoms. The molecule has 3 heteroatoms. The summed E-state index contributed by atoms with van der Waals surface area (Å²) in [7, 11) is 0. The van der Waals surface area contributed by atoms with Crippen LogP contribution in [0.15, 0.2) is 188 Å². The Bertz CT molecular complexity index is 3060. The van der Waals surface area contributed by atoms with Gasteiger partial charge in [0, 0.05) is 49.4 Å². The summed E-state index contributed by atoms with van der Waals surface area (Å²) in [5.74, 6) is 0. The minimum absolute atomic E-state index is 1.11. The molecule has 0 aliphatic heterocycles. The van der Waals surface area contributed by atoms with Crippen LogP contribution in [0.2, 0.25) is 0 Å². The lowest BCUT2D eigenvalue weighted by Crippen LogP contribution is -2.10. The highest BCUT2D eigenvalue weighted by Crippen LogP contribution is 2.46. The van der Waals surface area contributed by atoms with Crippen molar-refractivity contribution in [3.05, 3.63) is 188 Å². The predicted molar refractivity (Wildman–Crippen MR) is 216 cm³/mol. The van der Waals surface area contributed by atoms with Gasteiger partial charge in [0.15, 0.2) is 0 Å². The molecule has 238 valence electrons. The van der Waals surface area contributed by atoms with Crippen molar-refractivity contribution in [2.45, 2.75) is 0 Å². The molecule has 0 saturated heterocycles. The Morgan fingerprint density at radius 2 is 0.922 bits per heavy atom. The monoisotopic (exact) mass is 649 g/mol. The van der Waals surface area contributed by atoms with Crippen LogP contribution >= 0.6 is 0 Å². The zero-order chi connectivity index (χ0) is 33.5. The Balaban J connectivity index is 1.21. The number of fused-ring (bicyclic) bond motifs is 9. The lowest BCUT2D eigenvalue weighted by atomic mass is 10.0. The van der Waals surface area contributed by atoms with E-state index in [1.54, 1.807) is 0 Å². The molecule has 0 bridgehead atoms. The number of hydrogen-bond donors (Lipinski definition) is 0. The average molecular weight is 650 g/mol. The normalized spacial score (nSPS) is 11.9. The van der Waals surface area contributed by atoms with E-state index in [0.29, 0.717) is 0 Å². The molecule has 0 unspecified atom stereocenters. The molecule has 0 radical (unpaired) electrons. The van der Waals surface area contributed by atoms with E-state index in [4.69, 9.17) is 0 Å². The molecule has 3 nitrogen and oxygen atoms in total. The van der Waals surface area contributed by atoms with Gasteiger partial charge in [0.05, 0.1) is 33.3 Å². The van der Waals surface area contributed by atoms with Crippen LogP contribution in [-0.4, -0.2) is 8.97 Å². The third-order valence-corrected chi connectivity index (χ3v) is 10.6. The largest absolute Gasteiger partial charge is 0.310 e. The van der Waals surface area contributed by atoms with E-state index in [2.05, 4.69) is 202 Å². The zero-order valence-electron chi connectivity index (χ0n) is 27.7. The maximum atomic E-state index is 2.47. The summed E-state index contributed by atoms with van der Waals surface area (Å²) >= 11 is 0. The van der Waals surface area contributed by atoms with Crippen LogP contribution < -0.4 is 4.90 Å². The van der Waals surface area contributed by atoms with Crippen LogP contribution in [0.4, 0.5) is 17.1 Å². The Kier molecular flexibility index (Phi) is 5.96. The highest BCUT2D eigenvalue weighted by molar-refractivity contribution is 6.24. The molecule has 0 saturated carbocycles. The van der Waals surface area contributed by atoms with Crippen molar-refractivity contribution < 1.29 is 0 Å². The van der Waals surface area contributed by atoms with Gasteiger partial charge in [0.25, 0.3) is 0 Å². The molecule has 11 aromatic rings. The molecule has 3 aromatic heterocycles. The lowest BCUT2D eigenvalue weighted by Gasteiger charge is -2.27. The van der Waals surface area contributed by atoms with Gasteiger partial charge in [-0.1, -0.05) is 127 Å². The first-order chi connectivity index (χ1) is 25.3. The molecule has 3 heterocycles. The predicted octanol–water partition coefficient (Wildman–Crippen LogP) is 13.1. The third-order valence-electron chi connectivity index (χ3n) is 10.6. The highest BCUT2D eigenvalue weighted by atomic mass is 15.1. The maximum absolute atomic E-state index is 2.47. The first kappa shape index (κ1) is 28.0. The van der Waals surface area contributed by atoms with Crippen LogP contribution in [-0.2, 0) is 0 Å². The fourth-order valence-electron chi connectivity index (χ4n) is 8.46. The quantitative estimate of drug-likeness (QED) is 0.181. The van der Waals surface area contributed by atoms with E-state index in [9.17, 15) is 0 Å². The van der Waals surface area contributed by atoms with Gasteiger partial charge in [-0.15, -0.1) is 0 Å². The molecule has 0 amide bonds. The van der Waals surface area contributed by atoms with Crippen molar-refractivity contribution in [1.29, 1.82) is 0 Å². The number of para-hydroxylation sites is 4. The summed E-state index contributed by atoms with van der Waals surface area (Å²) < 4.78 is 4.87. The maximum Gasteiger partial charge on any atom is 0.0620 e. The average Bonchev–Trinajstić information content (AvgIpc) is 3.84. The van der Waals surface area contributed by atoms with Gasteiger partial charge in [-0.2, -0.15) is 0 Å². The number of nitrogens with zero attached hydrogens (tertiary/aromatic N) is 3. The van der Waals surface area contributed by atoms with Crippen molar-refractivity contribution in [3.8, 4) is 16.8 Å². The number of rotatable bonds is 5. The molecule has 0 N–H and O–H groups in total. The van der Waals surface area contributed by atoms with Crippen molar-refractivity contribution in [3.63, 3.8) is 0 Å². The van der Waals surface area contributed by atoms with Crippen LogP contribution in [0.3, 0.4) is 0 Å². The minimum atomic E-state index is 1.11. The van der Waals surface area contributed by atoms with Crippen LogP contribution in [0.1, 0.15) is 0 Å². The van der Waals surface area contributed by atoms with Crippen molar-refractivity contribution in [2.75, 3.05) is 4.90 Å².